The number of nitrogens with two attached hydrogens (primary N) is 1. The van der Waals surface area contributed by atoms with Gasteiger partial charge in [-0.2, -0.15) is 4.98 Å². The Morgan fingerprint density at radius 3 is 2.83 bits per heavy atom. The molecule has 0 bridgehead atoms. The zero-order valence-corrected chi connectivity index (χ0v) is 11.1. The van der Waals surface area contributed by atoms with Crippen LogP contribution in [0.25, 0.3) is 11.4 Å². The maximum atomic E-state index is 5.99. The molecule has 0 radical (unpaired) electrons. The highest BCUT2D eigenvalue weighted by Crippen LogP contribution is 2.22. The first-order chi connectivity index (χ1) is 8.61. The molecule has 2 atom stereocenters. The van der Waals surface area contributed by atoms with E-state index < -0.39 is 0 Å². The van der Waals surface area contributed by atoms with Gasteiger partial charge in [0.2, 0.25) is 11.7 Å². The third kappa shape index (κ3) is 2.59. The lowest BCUT2D eigenvalue weighted by Gasteiger charge is -2.13. The minimum atomic E-state index is 0.0517. The molecule has 0 saturated carbocycles. The molecule has 2 aromatic rings. The van der Waals surface area contributed by atoms with E-state index in [1.807, 2.05) is 38.1 Å². The van der Waals surface area contributed by atoms with Crippen molar-refractivity contribution in [3.8, 4) is 11.4 Å². The molecule has 0 aliphatic rings. The first-order valence-electron chi connectivity index (χ1n) is 6.28. The summed E-state index contributed by atoms with van der Waals surface area (Å²) in [7, 11) is 0. The van der Waals surface area contributed by atoms with Crippen molar-refractivity contribution in [3.05, 3.63) is 35.7 Å². The van der Waals surface area contributed by atoms with Crippen LogP contribution in [0.3, 0.4) is 0 Å². The first kappa shape index (κ1) is 12.8. The zero-order chi connectivity index (χ0) is 13.1. The highest BCUT2D eigenvalue weighted by molar-refractivity contribution is 5.55. The Labute approximate surface area is 107 Å². The van der Waals surface area contributed by atoms with Crippen molar-refractivity contribution in [2.75, 3.05) is 0 Å². The molecule has 2 rings (SSSR count). The predicted octanol–water partition coefficient (Wildman–Crippen LogP) is 2.89. The Morgan fingerprint density at radius 2 is 2.17 bits per heavy atom. The van der Waals surface area contributed by atoms with Crippen molar-refractivity contribution < 1.29 is 4.52 Å². The molecule has 0 amide bonds. The van der Waals surface area contributed by atoms with Crippen molar-refractivity contribution in [1.29, 1.82) is 0 Å². The molecule has 0 aliphatic carbocycles. The second-order valence-corrected chi connectivity index (χ2v) is 4.69. The molecular formula is C14H19N3O. The van der Waals surface area contributed by atoms with Gasteiger partial charge < -0.3 is 10.3 Å². The summed E-state index contributed by atoms with van der Waals surface area (Å²) in [4.78, 5) is 4.43. The quantitative estimate of drug-likeness (QED) is 0.899. The van der Waals surface area contributed by atoms with E-state index >= 15 is 0 Å². The summed E-state index contributed by atoms with van der Waals surface area (Å²) in [6.07, 6.45) is 0.892. The third-order valence-corrected chi connectivity index (χ3v) is 3.22. The van der Waals surface area contributed by atoms with Crippen LogP contribution >= 0.6 is 0 Å². The van der Waals surface area contributed by atoms with Gasteiger partial charge in [0, 0.05) is 11.6 Å². The largest absolute Gasteiger partial charge is 0.339 e. The monoisotopic (exact) mass is 245 g/mol. The van der Waals surface area contributed by atoms with E-state index in [2.05, 4.69) is 17.1 Å². The fourth-order valence-electron chi connectivity index (χ4n) is 1.86. The number of aromatic nitrogens is 2. The van der Waals surface area contributed by atoms with E-state index in [4.69, 9.17) is 10.3 Å². The number of rotatable bonds is 4. The molecule has 2 unspecified atom stereocenters. The van der Waals surface area contributed by atoms with Gasteiger partial charge in [-0.05, 0) is 19.4 Å². The minimum Gasteiger partial charge on any atom is -0.339 e. The van der Waals surface area contributed by atoms with E-state index in [0.29, 0.717) is 11.7 Å². The number of aryl methyl sites for hydroxylation is 1. The average molecular weight is 245 g/mol. The lowest BCUT2D eigenvalue weighted by molar-refractivity contribution is 0.340. The van der Waals surface area contributed by atoms with Crippen LogP contribution in [0.15, 0.2) is 28.8 Å². The van der Waals surface area contributed by atoms with Crippen LogP contribution < -0.4 is 5.73 Å². The second kappa shape index (κ2) is 5.31. The summed E-state index contributed by atoms with van der Waals surface area (Å²) in [5.41, 5.74) is 8.15. The number of nitrogens with zero attached hydrogens (tertiary/aromatic N) is 2. The van der Waals surface area contributed by atoms with Gasteiger partial charge >= 0.3 is 0 Å². The van der Waals surface area contributed by atoms with E-state index in [1.165, 1.54) is 5.56 Å². The maximum Gasteiger partial charge on any atom is 0.231 e. The highest BCUT2D eigenvalue weighted by atomic mass is 16.5. The summed E-state index contributed by atoms with van der Waals surface area (Å²) in [6, 6.07) is 8.10. The lowest BCUT2D eigenvalue weighted by atomic mass is 10.0. The Kier molecular flexibility index (Phi) is 3.77. The molecule has 0 saturated heterocycles. The van der Waals surface area contributed by atoms with Crippen LogP contribution in [0.5, 0.6) is 0 Å². The molecule has 96 valence electrons. The van der Waals surface area contributed by atoms with E-state index in [9.17, 15) is 0 Å². The van der Waals surface area contributed by atoms with Gasteiger partial charge in [0.05, 0.1) is 5.92 Å². The highest BCUT2D eigenvalue weighted by Gasteiger charge is 2.20. The molecule has 0 fully saturated rings. The van der Waals surface area contributed by atoms with Gasteiger partial charge in [-0.3, -0.25) is 0 Å². The fraction of sp³-hybridized carbons (Fsp3) is 0.429. The van der Waals surface area contributed by atoms with Gasteiger partial charge in [0.15, 0.2) is 0 Å². The summed E-state index contributed by atoms with van der Waals surface area (Å²) >= 11 is 0. The first-order valence-corrected chi connectivity index (χ1v) is 6.28. The van der Waals surface area contributed by atoms with Crippen molar-refractivity contribution >= 4 is 0 Å². The Balaban J connectivity index is 2.25. The van der Waals surface area contributed by atoms with Gasteiger partial charge in [0.25, 0.3) is 0 Å². The van der Waals surface area contributed by atoms with Crippen molar-refractivity contribution in [1.82, 2.24) is 10.1 Å². The van der Waals surface area contributed by atoms with Crippen LogP contribution in [0.2, 0.25) is 0 Å². The van der Waals surface area contributed by atoms with Crippen molar-refractivity contribution in [3.63, 3.8) is 0 Å². The molecule has 1 heterocycles. The Hall–Kier alpha value is -1.68. The topological polar surface area (TPSA) is 64.9 Å². The summed E-state index contributed by atoms with van der Waals surface area (Å²) in [5, 5.41) is 4.02. The smallest absolute Gasteiger partial charge is 0.231 e. The van der Waals surface area contributed by atoms with Gasteiger partial charge in [-0.25, -0.2) is 0 Å². The average Bonchev–Trinajstić information content (AvgIpc) is 2.86. The number of hydrogen-bond donors (Lipinski definition) is 1. The lowest BCUT2D eigenvalue weighted by Crippen LogP contribution is -2.25. The van der Waals surface area contributed by atoms with E-state index in [0.717, 1.165) is 12.0 Å². The molecule has 4 nitrogen and oxygen atoms in total. The minimum absolute atomic E-state index is 0.0517. The van der Waals surface area contributed by atoms with Crippen molar-refractivity contribution in [2.24, 2.45) is 5.73 Å². The van der Waals surface area contributed by atoms with E-state index in [1.54, 1.807) is 0 Å². The fourth-order valence-corrected chi connectivity index (χ4v) is 1.86. The van der Waals surface area contributed by atoms with Gasteiger partial charge in [0.1, 0.15) is 0 Å². The molecule has 1 aromatic carbocycles. The van der Waals surface area contributed by atoms with Crippen LogP contribution in [0, 0.1) is 6.92 Å². The normalized spacial score (nSPS) is 14.4. The number of hydrogen-bond acceptors (Lipinski definition) is 4. The molecule has 18 heavy (non-hydrogen) atoms. The maximum absolute atomic E-state index is 5.99. The molecule has 2 N–H and O–H groups in total. The van der Waals surface area contributed by atoms with E-state index in [-0.39, 0.29) is 12.0 Å². The van der Waals surface area contributed by atoms with Gasteiger partial charge in [-0.15, -0.1) is 0 Å². The third-order valence-electron chi connectivity index (χ3n) is 3.22. The molecule has 1 aromatic heterocycles. The van der Waals surface area contributed by atoms with Crippen LogP contribution in [0.4, 0.5) is 0 Å². The molecule has 4 heteroatoms. The standard InChI is InChI=1S/C14H19N3O/c1-4-12(15)10(3)14-16-13(17-18-14)11-7-5-6-9(2)8-11/h5-8,10,12H,4,15H2,1-3H3. The second-order valence-electron chi connectivity index (χ2n) is 4.69. The van der Waals surface area contributed by atoms with Crippen LogP contribution in [0.1, 0.15) is 37.6 Å². The zero-order valence-electron chi connectivity index (χ0n) is 11.1. The SMILES string of the molecule is CCC(N)C(C)c1nc(-c2cccc(C)c2)no1. The number of benzene rings is 1. The summed E-state index contributed by atoms with van der Waals surface area (Å²) in [5.74, 6) is 1.32. The molecule has 0 aliphatic heterocycles. The molecule has 0 spiro atoms. The summed E-state index contributed by atoms with van der Waals surface area (Å²) < 4.78 is 5.30. The van der Waals surface area contributed by atoms with Gasteiger partial charge in [-0.1, -0.05) is 42.8 Å². The Bertz CT molecular complexity index is 521. The Morgan fingerprint density at radius 1 is 1.39 bits per heavy atom. The predicted molar refractivity (Wildman–Crippen MR) is 71.2 cm³/mol. The van der Waals surface area contributed by atoms with Crippen LogP contribution in [-0.4, -0.2) is 16.2 Å². The summed E-state index contributed by atoms with van der Waals surface area (Å²) in [6.45, 7) is 6.11. The van der Waals surface area contributed by atoms with Crippen LogP contribution in [-0.2, 0) is 0 Å². The van der Waals surface area contributed by atoms with Crippen molar-refractivity contribution in [2.45, 2.75) is 39.2 Å². The molecular weight excluding hydrogens is 226 g/mol.